The third-order valence-electron chi connectivity index (χ3n) is 1.40. The van der Waals surface area contributed by atoms with E-state index >= 15 is 0 Å². The first kappa shape index (κ1) is 9.37. The van der Waals surface area contributed by atoms with Crippen LogP contribution in [0.3, 0.4) is 0 Å². The summed E-state index contributed by atoms with van der Waals surface area (Å²) in [5.41, 5.74) is 0. The van der Waals surface area contributed by atoms with Gasteiger partial charge in [-0.05, 0) is 29.5 Å². The van der Waals surface area contributed by atoms with Gasteiger partial charge in [-0.2, -0.15) is 0 Å². The van der Waals surface area contributed by atoms with Gasteiger partial charge in [0.1, 0.15) is 11.7 Å². The number of halogens is 1. The van der Waals surface area contributed by atoms with Gasteiger partial charge in [-0.3, -0.25) is 4.79 Å². The molecule has 0 aliphatic heterocycles. The fourth-order valence-electron chi connectivity index (χ4n) is 0.656. The molecule has 1 atom stereocenters. The average molecular weight is 278 g/mol. The third kappa shape index (κ3) is 2.13. The molecule has 64 valence electrons. The molecule has 0 radical (unpaired) electrons. The quantitative estimate of drug-likeness (QED) is 0.827. The Balaban J connectivity index is 2.89. The van der Waals surface area contributed by atoms with Crippen LogP contribution >= 0.6 is 22.6 Å². The van der Waals surface area contributed by atoms with Crippen molar-refractivity contribution >= 4 is 28.6 Å². The summed E-state index contributed by atoms with van der Waals surface area (Å²) >= 11 is 2.06. The molecule has 1 unspecified atom stereocenters. The Kier molecular flexibility index (Phi) is 2.96. The molecule has 1 rings (SSSR count). The van der Waals surface area contributed by atoms with Crippen molar-refractivity contribution < 1.29 is 9.90 Å². The molecule has 0 spiro atoms. The van der Waals surface area contributed by atoms with Crippen LogP contribution < -0.4 is 0 Å². The van der Waals surface area contributed by atoms with Gasteiger partial charge in [-0.15, -0.1) is 0 Å². The standard InChI is InChI=1S/C7H7IN2O2/c1-4(7(11)12)6-9-2-5(8)3-10-6/h2-4H,1H3,(H,11,12). The zero-order valence-corrected chi connectivity index (χ0v) is 8.52. The number of nitrogens with zero attached hydrogens (tertiary/aromatic N) is 2. The Morgan fingerprint density at radius 3 is 2.50 bits per heavy atom. The summed E-state index contributed by atoms with van der Waals surface area (Å²) in [6, 6.07) is 0. The Bertz CT molecular complexity index is 286. The summed E-state index contributed by atoms with van der Waals surface area (Å²) in [6.45, 7) is 1.56. The number of aliphatic carboxylic acids is 1. The molecule has 0 saturated carbocycles. The van der Waals surface area contributed by atoms with Gasteiger partial charge in [0, 0.05) is 16.0 Å². The fourth-order valence-corrected chi connectivity index (χ4v) is 0.935. The van der Waals surface area contributed by atoms with Gasteiger partial charge in [0.05, 0.1) is 0 Å². The van der Waals surface area contributed by atoms with E-state index in [2.05, 4.69) is 32.6 Å². The van der Waals surface area contributed by atoms with Crippen LogP contribution in [0.25, 0.3) is 0 Å². The Morgan fingerprint density at radius 2 is 2.08 bits per heavy atom. The van der Waals surface area contributed by atoms with Gasteiger partial charge in [-0.25, -0.2) is 9.97 Å². The summed E-state index contributed by atoms with van der Waals surface area (Å²) in [4.78, 5) is 18.3. The van der Waals surface area contributed by atoms with Crippen LogP contribution in [-0.4, -0.2) is 21.0 Å². The fraction of sp³-hybridized carbons (Fsp3) is 0.286. The van der Waals surface area contributed by atoms with Gasteiger partial charge in [-0.1, -0.05) is 0 Å². The molecule has 12 heavy (non-hydrogen) atoms. The molecular formula is C7H7IN2O2. The number of rotatable bonds is 2. The molecule has 1 heterocycles. The van der Waals surface area contributed by atoms with Crippen LogP contribution in [0.1, 0.15) is 18.7 Å². The van der Waals surface area contributed by atoms with Gasteiger partial charge in [0.2, 0.25) is 0 Å². The SMILES string of the molecule is CC(C(=O)O)c1ncc(I)cn1. The number of carboxylic acid groups (broad SMARTS) is 1. The maximum Gasteiger partial charge on any atom is 0.313 e. The number of carbonyl (C=O) groups is 1. The molecule has 0 aliphatic carbocycles. The van der Waals surface area contributed by atoms with Crippen molar-refractivity contribution in [3.05, 3.63) is 21.8 Å². The van der Waals surface area contributed by atoms with E-state index in [1.54, 1.807) is 19.3 Å². The van der Waals surface area contributed by atoms with Crippen molar-refractivity contribution in [2.45, 2.75) is 12.8 Å². The smallest absolute Gasteiger partial charge is 0.313 e. The van der Waals surface area contributed by atoms with E-state index in [4.69, 9.17) is 5.11 Å². The highest BCUT2D eigenvalue weighted by Gasteiger charge is 2.15. The average Bonchev–Trinajstić information content (AvgIpc) is 2.04. The minimum Gasteiger partial charge on any atom is -0.481 e. The molecule has 5 heteroatoms. The summed E-state index contributed by atoms with van der Waals surface area (Å²) < 4.78 is 0.897. The molecule has 0 saturated heterocycles. The van der Waals surface area contributed by atoms with Crippen molar-refractivity contribution in [2.75, 3.05) is 0 Å². The Labute approximate surface area is 83.2 Å². The summed E-state index contributed by atoms with van der Waals surface area (Å²) in [6.07, 6.45) is 3.20. The highest BCUT2D eigenvalue weighted by Crippen LogP contribution is 2.10. The van der Waals surface area contributed by atoms with E-state index in [1.807, 2.05) is 0 Å². The molecule has 0 fully saturated rings. The van der Waals surface area contributed by atoms with Gasteiger partial charge in [0.15, 0.2) is 0 Å². The molecule has 0 amide bonds. The van der Waals surface area contributed by atoms with Crippen LogP contribution in [-0.2, 0) is 4.79 Å². The molecule has 1 aromatic heterocycles. The van der Waals surface area contributed by atoms with Crippen LogP contribution in [0.2, 0.25) is 0 Å². The summed E-state index contributed by atoms with van der Waals surface area (Å²) in [5, 5.41) is 8.62. The zero-order valence-electron chi connectivity index (χ0n) is 6.36. The van der Waals surface area contributed by atoms with Crippen molar-refractivity contribution in [2.24, 2.45) is 0 Å². The number of hydrogen-bond donors (Lipinski definition) is 1. The lowest BCUT2D eigenvalue weighted by atomic mass is 10.2. The molecular weight excluding hydrogens is 271 g/mol. The lowest BCUT2D eigenvalue weighted by molar-refractivity contribution is -0.138. The first-order chi connectivity index (χ1) is 5.61. The maximum atomic E-state index is 10.5. The third-order valence-corrected chi connectivity index (χ3v) is 1.96. The van der Waals surface area contributed by atoms with Crippen LogP contribution in [0.5, 0.6) is 0 Å². The second-order valence-electron chi connectivity index (χ2n) is 2.32. The number of hydrogen-bond acceptors (Lipinski definition) is 3. The van der Waals surface area contributed by atoms with Crippen LogP contribution in [0.15, 0.2) is 12.4 Å². The Hall–Kier alpha value is -0.720. The predicted molar refractivity (Wildman–Crippen MR) is 50.8 cm³/mol. The maximum absolute atomic E-state index is 10.5. The first-order valence-electron chi connectivity index (χ1n) is 3.31. The lowest BCUT2D eigenvalue weighted by Gasteiger charge is -2.02. The van der Waals surface area contributed by atoms with Crippen LogP contribution in [0, 0.1) is 3.57 Å². The van der Waals surface area contributed by atoms with Gasteiger partial charge < -0.3 is 5.11 Å². The highest BCUT2D eigenvalue weighted by atomic mass is 127. The van der Waals surface area contributed by atoms with E-state index in [1.165, 1.54) is 0 Å². The van der Waals surface area contributed by atoms with E-state index in [0.717, 1.165) is 3.57 Å². The van der Waals surface area contributed by atoms with Crippen LogP contribution in [0.4, 0.5) is 0 Å². The number of aromatic nitrogens is 2. The van der Waals surface area contributed by atoms with Gasteiger partial charge >= 0.3 is 5.97 Å². The minimum absolute atomic E-state index is 0.350. The van der Waals surface area contributed by atoms with E-state index in [0.29, 0.717) is 5.82 Å². The van der Waals surface area contributed by atoms with E-state index in [-0.39, 0.29) is 0 Å². The monoisotopic (exact) mass is 278 g/mol. The molecule has 1 aromatic rings. The molecule has 4 nitrogen and oxygen atoms in total. The molecule has 1 N–H and O–H groups in total. The van der Waals surface area contributed by atoms with Crippen molar-refractivity contribution in [1.29, 1.82) is 0 Å². The number of carboxylic acids is 1. The minimum atomic E-state index is -0.906. The van der Waals surface area contributed by atoms with Crippen molar-refractivity contribution in [3.8, 4) is 0 Å². The molecule has 0 bridgehead atoms. The van der Waals surface area contributed by atoms with Crippen molar-refractivity contribution in [1.82, 2.24) is 9.97 Å². The largest absolute Gasteiger partial charge is 0.481 e. The summed E-state index contributed by atoms with van der Waals surface area (Å²) in [5.74, 6) is -1.19. The predicted octanol–water partition coefficient (Wildman–Crippen LogP) is 1.27. The zero-order chi connectivity index (χ0) is 9.14. The Morgan fingerprint density at radius 1 is 1.58 bits per heavy atom. The van der Waals surface area contributed by atoms with E-state index < -0.39 is 11.9 Å². The van der Waals surface area contributed by atoms with Crippen molar-refractivity contribution in [3.63, 3.8) is 0 Å². The van der Waals surface area contributed by atoms with E-state index in [9.17, 15) is 4.79 Å². The molecule has 0 aliphatic rings. The van der Waals surface area contributed by atoms with Gasteiger partial charge in [0.25, 0.3) is 0 Å². The normalized spacial score (nSPS) is 12.5. The summed E-state index contributed by atoms with van der Waals surface area (Å²) in [7, 11) is 0. The second kappa shape index (κ2) is 3.79. The first-order valence-corrected chi connectivity index (χ1v) is 4.39. The topological polar surface area (TPSA) is 63.1 Å². The second-order valence-corrected chi connectivity index (χ2v) is 3.57. The lowest BCUT2D eigenvalue weighted by Crippen LogP contribution is -2.10. The highest BCUT2D eigenvalue weighted by molar-refractivity contribution is 14.1. The molecule has 0 aromatic carbocycles.